The highest BCUT2D eigenvalue weighted by molar-refractivity contribution is 7.95. The fourth-order valence-electron chi connectivity index (χ4n) is 1.94. The van der Waals surface area contributed by atoms with Crippen molar-refractivity contribution in [2.45, 2.75) is 25.2 Å². The summed E-state index contributed by atoms with van der Waals surface area (Å²) in [6, 6.07) is 14.7. The topological polar surface area (TPSA) is 44.8 Å². The Morgan fingerprint density at radius 3 is 2.28 bits per heavy atom. The molecule has 5 heteroatoms. The van der Waals surface area contributed by atoms with Gasteiger partial charge in [0.05, 0.1) is 25.1 Å². The lowest BCUT2D eigenvalue weighted by Crippen LogP contribution is -2.03. The van der Waals surface area contributed by atoms with Crippen molar-refractivity contribution in [2.24, 2.45) is 0 Å². The summed E-state index contributed by atoms with van der Waals surface area (Å²) in [7, 11) is 0. The summed E-state index contributed by atoms with van der Waals surface area (Å²) in [4.78, 5) is 12.8. The lowest BCUT2D eigenvalue weighted by Gasteiger charge is -2.06. The van der Waals surface area contributed by atoms with Crippen molar-refractivity contribution in [3.05, 3.63) is 54.1 Å². The molecule has 4 nitrogen and oxygen atoms in total. The van der Waals surface area contributed by atoms with E-state index in [0.29, 0.717) is 13.2 Å². The van der Waals surface area contributed by atoms with Crippen LogP contribution in [0.25, 0.3) is 0 Å². The lowest BCUT2D eigenvalue weighted by atomic mass is 10.1. The second kappa shape index (κ2) is 10.3. The van der Waals surface area contributed by atoms with Gasteiger partial charge in [0, 0.05) is 4.90 Å². The minimum atomic E-state index is -0.298. The molecule has 130 valence electrons. The first kappa shape index (κ1) is 18.8. The smallest absolute Gasteiger partial charge is 0.322 e. The number of carbonyl (C=O) groups is 1. The monoisotopic (exact) mass is 356 g/mol. The van der Waals surface area contributed by atoms with Gasteiger partial charge in [-0.25, -0.2) is 0 Å². The minimum absolute atomic E-state index is 0.219. The molecule has 0 fully saturated rings. The molecule has 0 atom stereocenters. The van der Waals surface area contributed by atoms with Crippen LogP contribution in [0.1, 0.15) is 19.4 Å². The maximum absolute atomic E-state index is 11.9. The molecule has 0 aromatic heterocycles. The zero-order chi connectivity index (χ0) is 17.9. The van der Waals surface area contributed by atoms with Crippen LogP contribution in [-0.4, -0.2) is 19.2 Å². The van der Waals surface area contributed by atoms with Crippen molar-refractivity contribution in [1.29, 1.82) is 0 Å². The maximum atomic E-state index is 11.9. The first-order valence-electron chi connectivity index (χ1n) is 7.93. The summed E-state index contributed by atoms with van der Waals surface area (Å²) in [6.07, 6.45) is 0.219. The van der Waals surface area contributed by atoms with Crippen molar-refractivity contribution < 1.29 is 18.5 Å². The van der Waals surface area contributed by atoms with Crippen molar-refractivity contribution in [3.63, 3.8) is 0 Å². The Kier molecular flexibility index (Phi) is 7.74. The Hall–Kier alpha value is -2.58. The molecule has 0 saturated carbocycles. The molecule has 0 aliphatic heterocycles. The van der Waals surface area contributed by atoms with E-state index in [4.69, 9.17) is 13.7 Å². The molecule has 0 aliphatic carbocycles. The zero-order valence-corrected chi connectivity index (χ0v) is 15.1. The van der Waals surface area contributed by atoms with Crippen LogP contribution in [0.5, 0.6) is 11.5 Å². The Morgan fingerprint density at radius 2 is 1.64 bits per heavy atom. The first-order chi connectivity index (χ1) is 12.2. The maximum Gasteiger partial charge on any atom is 0.322 e. The van der Waals surface area contributed by atoms with Crippen LogP contribution in [0.2, 0.25) is 0 Å². The van der Waals surface area contributed by atoms with Crippen molar-refractivity contribution >= 4 is 18.0 Å². The number of carbonyl (C=O) groups excluding carboxylic acids is 1. The molecule has 0 radical (unpaired) electrons. The third kappa shape index (κ3) is 6.82. The van der Waals surface area contributed by atoms with Gasteiger partial charge < -0.3 is 13.7 Å². The Morgan fingerprint density at radius 1 is 1.00 bits per heavy atom. The van der Waals surface area contributed by atoms with E-state index in [9.17, 15) is 4.79 Å². The molecule has 0 spiro atoms. The molecule has 0 amide bonds. The van der Waals surface area contributed by atoms with Gasteiger partial charge >= 0.3 is 5.97 Å². The summed E-state index contributed by atoms with van der Waals surface area (Å²) in [5.74, 6) is 6.82. The number of ether oxygens (including phenoxy) is 2. The number of benzene rings is 2. The second-order valence-corrected chi connectivity index (χ2v) is 5.78. The Labute approximate surface area is 152 Å². The van der Waals surface area contributed by atoms with Crippen LogP contribution in [0.3, 0.4) is 0 Å². The van der Waals surface area contributed by atoms with Crippen molar-refractivity contribution in [2.75, 3.05) is 13.2 Å². The van der Waals surface area contributed by atoms with Crippen LogP contribution in [0.4, 0.5) is 0 Å². The Balaban J connectivity index is 1.77. The van der Waals surface area contributed by atoms with Gasteiger partial charge in [-0.05, 0) is 55.8 Å². The average Bonchev–Trinajstić information content (AvgIpc) is 2.63. The molecular weight excluding hydrogens is 336 g/mol. The highest BCUT2D eigenvalue weighted by atomic mass is 32.2. The largest absolute Gasteiger partial charge is 0.494 e. The minimum Gasteiger partial charge on any atom is -0.494 e. The van der Waals surface area contributed by atoms with Gasteiger partial charge in [-0.1, -0.05) is 18.1 Å². The quantitative estimate of drug-likeness (QED) is 0.522. The number of rotatable bonds is 8. The van der Waals surface area contributed by atoms with Crippen LogP contribution < -0.4 is 9.47 Å². The molecule has 2 rings (SSSR count). The molecule has 25 heavy (non-hydrogen) atoms. The van der Waals surface area contributed by atoms with Crippen LogP contribution in [0.15, 0.2) is 53.4 Å². The van der Waals surface area contributed by atoms with Gasteiger partial charge in [0.2, 0.25) is 0 Å². The number of hydrogen-bond acceptors (Lipinski definition) is 5. The predicted octanol–water partition coefficient (Wildman–Crippen LogP) is 4.28. The third-order valence-corrected chi connectivity index (χ3v) is 3.86. The van der Waals surface area contributed by atoms with Gasteiger partial charge in [0.1, 0.15) is 18.1 Å². The average molecular weight is 356 g/mol. The van der Waals surface area contributed by atoms with E-state index < -0.39 is 0 Å². The van der Waals surface area contributed by atoms with E-state index in [-0.39, 0.29) is 12.4 Å². The number of hydrogen-bond donors (Lipinski definition) is 0. The second-order valence-electron chi connectivity index (χ2n) is 4.98. The van der Waals surface area contributed by atoms with Crippen LogP contribution >= 0.6 is 12.0 Å². The summed E-state index contributed by atoms with van der Waals surface area (Å²) in [5, 5.41) is 0. The molecular formula is C20H20O4S. The van der Waals surface area contributed by atoms with Gasteiger partial charge in [-0.2, -0.15) is 0 Å². The van der Waals surface area contributed by atoms with E-state index >= 15 is 0 Å². The molecule has 0 bridgehead atoms. The van der Waals surface area contributed by atoms with E-state index in [1.165, 1.54) is 0 Å². The fourth-order valence-corrected chi connectivity index (χ4v) is 2.44. The van der Waals surface area contributed by atoms with Crippen molar-refractivity contribution in [3.8, 4) is 23.3 Å². The van der Waals surface area contributed by atoms with E-state index in [0.717, 1.165) is 34.0 Å². The van der Waals surface area contributed by atoms with Gasteiger partial charge in [0.15, 0.2) is 0 Å². The molecule has 0 heterocycles. The highest BCUT2D eigenvalue weighted by Crippen LogP contribution is 2.23. The third-order valence-electron chi connectivity index (χ3n) is 3.13. The Bertz CT molecular complexity index is 727. The highest BCUT2D eigenvalue weighted by Gasteiger charge is 2.07. The van der Waals surface area contributed by atoms with Crippen LogP contribution in [-0.2, 0) is 15.4 Å². The van der Waals surface area contributed by atoms with Crippen molar-refractivity contribution in [1.82, 2.24) is 0 Å². The van der Waals surface area contributed by atoms with E-state index in [1.54, 1.807) is 6.92 Å². The first-order valence-corrected chi connectivity index (χ1v) is 8.67. The van der Waals surface area contributed by atoms with Gasteiger partial charge in [-0.15, -0.1) is 5.92 Å². The predicted molar refractivity (Wildman–Crippen MR) is 98.7 cm³/mol. The summed E-state index contributed by atoms with van der Waals surface area (Å²) in [6.45, 7) is 4.68. The summed E-state index contributed by atoms with van der Waals surface area (Å²) < 4.78 is 16.0. The van der Waals surface area contributed by atoms with E-state index in [1.807, 2.05) is 55.5 Å². The molecule has 0 unspecified atom stereocenters. The molecule has 0 saturated heterocycles. The molecule has 0 aliphatic rings. The van der Waals surface area contributed by atoms with Gasteiger partial charge in [0.25, 0.3) is 0 Å². The van der Waals surface area contributed by atoms with E-state index in [2.05, 4.69) is 11.8 Å². The van der Waals surface area contributed by atoms with Gasteiger partial charge in [-0.3, -0.25) is 4.79 Å². The normalized spacial score (nSPS) is 9.68. The van der Waals surface area contributed by atoms with Crippen LogP contribution in [0, 0.1) is 11.8 Å². The lowest BCUT2D eigenvalue weighted by molar-refractivity contribution is -0.132. The molecule has 2 aromatic carbocycles. The SMILES string of the molecule is CC#CCOc1ccc(SOC(=O)Cc2ccc(OCC)cc2)cc1. The fraction of sp³-hybridized carbons (Fsp3) is 0.250. The molecule has 2 aromatic rings. The standard InChI is InChI=1S/C20H20O4S/c1-3-5-14-23-18-10-12-19(13-11-18)25-24-20(21)15-16-6-8-17(9-7-16)22-4-2/h6-13H,4,14-15H2,1-2H3. The summed E-state index contributed by atoms with van der Waals surface area (Å²) >= 11 is 1.04. The molecule has 0 N–H and O–H groups in total. The summed E-state index contributed by atoms with van der Waals surface area (Å²) in [5.41, 5.74) is 0.884. The zero-order valence-electron chi connectivity index (χ0n) is 14.3.